The second-order valence-electron chi connectivity index (χ2n) is 7.75. The summed E-state index contributed by atoms with van der Waals surface area (Å²) in [6, 6.07) is 24.0. The van der Waals surface area contributed by atoms with E-state index in [-0.39, 0.29) is 17.0 Å². The van der Waals surface area contributed by atoms with E-state index in [1.165, 1.54) is 17.8 Å². The number of amides is 2. The molecule has 4 aromatic rings. The van der Waals surface area contributed by atoms with Gasteiger partial charge in [-0.05, 0) is 66.9 Å². The summed E-state index contributed by atoms with van der Waals surface area (Å²) in [7, 11) is 0. The third kappa shape index (κ3) is 5.82. The molecule has 4 aromatic carbocycles. The lowest BCUT2D eigenvalue weighted by Gasteiger charge is -2.14. The molecule has 1 atom stereocenters. The lowest BCUT2D eigenvalue weighted by Crippen LogP contribution is -2.22. The molecule has 0 aliphatic heterocycles. The number of anilines is 2. The molecule has 35 heavy (non-hydrogen) atoms. The van der Waals surface area contributed by atoms with Crippen molar-refractivity contribution in [2.75, 3.05) is 10.6 Å². The van der Waals surface area contributed by atoms with E-state index in [0.717, 1.165) is 4.90 Å². The van der Waals surface area contributed by atoms with Gasteiger partial charge in [-0.2, -0.15) is 0 Å². The van der Waals surface area contributed by atoms with Crippen molar-refractivity contribution in [2.24, 2.45) is 0 Å². The third-order valence-electron chi connectivity index (χ3n) is 5.27. The molecule has 8 heteroatoms. The molecule has 0 saturated carbocycles. The van der Waals surface area contributed by atoms with Crippen LogP contribution >= 0.6 is 23.4 Å². The Morgan fingerprint density at radius 2 is 1.49 bits per heavy atom. The maximum Gasteiger partial charge on any atom is 0.336 e. The zero-order chi connectivity index (χ0) is 24.9. The molecule has 6 nitrogen and oxygen atoms in total. The second-order valence-corrected chi connectivity index (χ2v) is 9.60. The van der Waals surface area contributed by atoms with Crippen molar-refractivity contribution < 1.29 is 19.5 Å². The number of hydrogen-bond donors (Lipinski definition) is 3. The molecule has 0 fully saturated rings. The normalized spacial score (nSPS) is 11.6. The fourth-order valence-corrected chi connectivity index (χ4v) is 4.64. The quantitative estimate of drug-likeness (QED) is 0.248. The molecule has 176 valence electrons. The molecule has 0 saturated heterocycles. The minimum atomic E-state index is -1.10. The first kappa shape index (κ1) is 24.3. The van der Waals surface area contributed by atoms with Gasteiger partial charge in [-0.15, -0.1) is 11.8 Å². The predicted molar refractivity (Wildman–Crippen MR) is 141 cm³/mol. The van der Waals surface area contributed by atoms with Gasteiger partial charge in [0.25, 0.3) is 5.91 Å². The van der Waals surface area contributed by atoms with Gasteiger partial charge in [0.2, 0.25) is 5.91 Å². The van der Waals surface area contributed by atoms with E-state index in [9.17, 15) is 19.5 Å². The van der Waals surface area contributed by atoms with Crippen LogP contribution < -0.4 is 10.6 Å². The number of fused-ring (bicyclic) bond motifs is 1. The van der Waals surface area contributed by atoms with Crippen LogP contribution in [0.2, 0.25) is 5.02 Å². The molecular formula is C27H21ClN2O4S. The fourth-order valence-electron chi connectivity index (χ4n) is 3.59. The first-order valence-electron chi connectivity index (χ1n) is 10.7. The van der Waals surface area contributed by atoms with Crippen molar-refractivity contribution in [3.8, 4) is 0 Å². The lowest BCUT2D eigenvalue weighted by molar-refractivity contribution is -0.115. The summed E-state index contributed by atoms with van der Waals surface area (Å²) >= 11 is 7.24. The Labute approximate surface area is 211 Å². The van der Waals surface area contributed by atoms with Gasteiger partial charge in [0.15, 0.2) is 0 Å². The van der Waals surface area contributed by atoms with Crippen molar-refractivity contribution in [1.29, 1.82) is 0 Å². The molecule has 0 aromatic heterocycles. The number of carbonyl (C=O) groups is 3. The Balaban J connectivity index is 1.49. The number of rotatable bonds is 7. The lowest BCUT2D eigenvalue weighted by atomic mass is 9.98. The number of halogens is 1. The second kappa shape index (κ2) is 10.6. The minimum absolute atomic E-state index is 0.0677. The Bertz CT molecular complexity index is 1420. The van der Waals surface area contributed by atoms with E-state index in [2.05, 4.69) is 10.6 Å². The van der Waals surface area contributed by atoms with Gasteiger partial charge in [-0.25, -0.2) is 4.79 Å². The summed E-state index contributed by atoms with van der Waals surface area (Å²) in [5.41, 5.74) is 1.53. The molecular weight excluding hydrogens is 484 g/mol. The van der Waals surface area contributed by atoms with E-state index in [0.29, 0.717) is 27.2 Å². The summed E-state index contributed by atoms with van der Waals surface area (Å²) in [6.45, 7) is 1.80. The van der Waals surface area contributed by atoms with Gasteiger partial charge >= 0.3 is 5.97 Å². The highest BCUT2D eigenvalue weighted by atomic mass is 35.5. The Morgan fingerprint density at radius 3 is 2.17 bits per heavy atom. The van der Waals surface area contributed by atoms with Crippen LogP contribution in [0.3, 0.4) is 0 Å². The third-order valence-corrected chi connectivity index (χ3v) is 6.61. The Kier molecular flexibility index (Phi) is 7.39. The van der Waals surface area contributed by atoms with Gasteiger partial charge in [-0.3, -0.25) is 9.59 Å². The molecule has 0 heterocycles. The number of carboxylic acid groups (broad SMARTS) is 1. The molecule has 4 rings (SSSR count). The zero-order valence-corrected chi connectivity index (χ0v) is 20.2. The zero-order valence-electron chi connectivity index (χ0n) is 18.6. The van der Waals surface area contributed by atoms with Crippen LogP contribution in [0.25, 0.3) is 10.8 Å². The summed E-state index contributed by atoms with van der Waals surface area (Å²) < 4.78 is 0. The van der Waals surface area contributed by atoms with Crippen LogP contribution in [0.4, 0.5) is 11.4 Å². The van der Waals surface area contributed by atoms with Crippen LogP contribution in [-0.4, -0.2) is 28.1 Å². The van der Waals surface area contributed by atoms with Crippen LogP contribution in [0.15, 0.2) is 89.8 Å². The average Bonchev–Trinajstić information content (AvgIpc) is 2.84. The topological polar surface area (TPSA) is 95.5 Å². The molecule has 0 spiro atoms. The number of carboxylic acids is 1. The first-order chi connectivity index (χ1) is 16.8. The number of carbonyl (C=O) groups excluding carboxylic acids is 2. The Hall–Kier alpha value is -3.81. The largest absolute Gasteiger partial charge is 0.478 e. The number of benzene rings is 4. The van der Waals surface area contributed by atoms with Crippen LogP contribution in [0.1, 0.15) is 27.6 Å². The average molecular weight is 505 g/mol. The van der Waals surface area contributed by atoms with Gasteiger partial charge in [0.05, 0.1) is 10.8 Å². The van der Waals surface area contributed by atoms with Crippen LogP contribution in [0, 0.1) is 0 Å². The summed E-state index contributed by atoms with van der Waals surface area (Å²) in [6.07, 6.45) is 0. The van der Waals surface area contributed by atoms with Gasteiger partial charge in [0.1, 0.15) is 0 Å². The monoisotopic (exact) mass is 504 g/mol. The van der Waals surface area contributed by atoms with E-state index in [1.54, 1.807) is 79.7 Å². The first-order valence-corrected chi connectivity index (χ1v) is 12.0. The highest BCUT2D eigenvalue weighted by molar-refractivity contribution is 8.00. The van der Waals surface area contributed by atoms with Gasteiger partial charge < -0.3 is 15.7 Å². The fraction of sp³-hybridized carbons (Fsp3) is 0.0741. The van der Waals surface area contributed by atoms with Crippen molar-refractivity contribution in [2.45, 2.75) is 17.1 Å². The molecule has 1 unspecified atom stereocenters. The Morgan fingerprint density at radius 1 is 0.829 bits per heavy atom. The van der Waals surface area contributed by atoms with Gasteiger partial charge in [-0.1, -0.05) is 41.9 Å². The molecule has 0 bridgehead atoms. The van der Waals surface area contributed by atoms with Crippen molar-refractivity contribution in [3.63, 3.8) is 0 Å². The summed E-state index contributed by atoms with van der Waals surface area (Å²) in [5.74, 6) is -1.68. The minimum Gasteiger partial charge on any atom is -0.478 e. The van der Waals surface area contributed by atoms with Crippen molar-refractivity contribution >= 4 is 63.3 Å². The van der Waals surface area contributed by atoms with E-state index in [4.69, 9.17) is 11.6 Å². The molecule has 0 aliphatic rings. The molecule has 3 N–H and O–H groups in total. The number of hydrogen-bond acceptors (Lipinski definition) is 4. The van der Waals surface area contributed by atoms with Crippen LogP contribution in [-0.2, 0) is 4.79 Å². The molecule has 0 radical (unpaired) electrons. The predicted octanol–water partition coefficient (Wildman–Crippen LogP) is 6.56. The summed E-state index contributed by atoms with van der Waals surface area (Å²) in [5, 5.41) is 16.5. The smallest absolute Gasteiger partial charge is 0.336 e. The maximum atomic E-state index is 13.1. The van der Waals surface area contributed by atoms with E-state index >= 15 is 0 Å². The summed E-state index contributed by atoms with van der Waals surface area (Å²) in [4.78, 5) is 38.2. The van der Waals surface area contributed by atoms with Gasteiger partial charge in [0, 0.05) is 32.2 Å². The standard InChI is InChI=1S/C27H21ClN2O4S/c1-16(25(31)29-19-13-11-18(28)12-14-19)35-21-8-4-7-20(15-21)30-26(32)22-9-2-5-17-6-3-10-23(24(17)22)27(33)34/h2-16H,1H3,(H,29,31)(H,30,32)(H,33,34). The van der Waals surface area contributed by atoms with Crippen molar-refractivity contribution in [1.82, 2.24) is 0 Å². The van der Waals surface area contributed by atoms with Crippen molar-refractivity contribution in [3.05, 3.63) is 101 Å². The van der Waals surface area contributed by atoms with Crippen LogP contribution in [0.5, 0.6) is 0 Å². The highest BCUT2D eigenvalue weighted by Crippen LogP contribution is 2.28. The van der Waals surface area contributed by atoms with E-state index in [1.807, 2.05) is 6.07 Å². The number of nitrogens with one attached hydrogen (secondary N) is 2. The SMILES string of the molecule is CC(Sc1cccc(NC(=O)c2cccc3cccc(C(=O)O)c23)c1)C(=O)Nc1ccc(Cl)cc1. The molecule has 0 aliphatic carbocycles. The van der Waals surface area contributed by atoms with E-state index < -0.39 is 17.1 Å². The molecule has 2 amide bonds. The maximum absolute atomic E-state index is 13.1. The number of aromatic carboxylic acids is 1. The number of thioether (sulfide) groups is 1. The highest BCUT2D eigenvalue weighted by Gasteiger charge is 2.18.